The van der Waals surface area contributed by atoms with E-state index in [1.54, 1.807) is 0 Å². The summed E-state index contributed by atoms with van der Waals surface area (Å²) in [7, 11) is 0. The molecule has 356 valence electrons. The molecule has 0 unspecified atom stereocenters. The molecule has 0 aromatic heterocycles. The monoisotopic (exact) mass is 876 g/mol. The predicted octanol–water partition coefficient (Wildman–Crippen LogP) is 12.0. The summed E-state index contributed by atoms with van der Waals surface area (Å²) in [6.45, 7) is 18.2. The molecule has 0 aromatic rings. The molecular formula is C54H89N3O6. The summed E-state index contributed by atoms with van der Waals surface area (Å²) in [5.74, 6) is 0.194. The predicted molar refractivity (Wildman–Crippen MR) is 264 cm³/mol. The third-order valence-corrected chi connectivity index (χ3v) is 12.0. The molecule has 9 heteroatoms. The van der Waals surface area contributed by atoms with Crippen molar-refractivity contribution in [3.05, 3.63) is 96.2 Å². The van der Waals surface area contributed by atoms with Crippen molar-refractivity contribution in [2.45, 2.75) is 195 Å². The van der Waals surface area contributed by atoms with Crippen molar-refractivity contribution >= 4 is 17.8 Å². The van der Waals surface area contributed by atoms with Crippen LogP contribution in [-0.4, -0.2) is 66.4 Å². The molecule has 2 rings (SSSR count). The molecule has 0 aliphatic heterocycles. The maximum absolute atomic E-state index is 12.7. The lowest BCUT2D eigenvalue weighted by Gasteiger charge is -2.34. The summed E-state index contributed by atoms with van der Waals surface area (Å²) < 4.78 is 12.3. The topological polar surface area (TPSA) is 140 Å². The maximum atomic E-state index is 12.7. The zero-order valence-corrected chi connectivity index (χ0v) is 40.7. The second-order valence-electron chi connectivity index (χ2n) is 17.2. The number of hydrogen-bond acceptors (Lipinski definition) is 6. The number of rotatable bonds is 30. The summed E-state index contributed by atoms with van der Waals surface area (Å²) in [4.78, 5) is 35.9. The van der Waals surface area contributed by atoms with Crippen molar-refractivity contribution in [2.75, 3.05) is 13.1 Å². The van der Waals surface area contributed by atoms with Crippen molar-refractivity contribution in [1.82, 2.24) is 10.6 Å². The lowest BCUT2D eigenvalue weighted by molar-refractivity contribution is -0.133. The molecule has 0 heterocycles. The van der Waals surface area contributed by atoms with Crippen LogP contribution < -0.4 is 16.4 Å². The molecule has 0 fully saturated rings. The minimum atomic E-state index is -0.804. The van der Waals surface area contributed by atoms with Crippen molar-refractivity contribution in [1.29, 1.82) is 0 Å². The first-order valence-electron chi connectivity index (χ1n) is 24.6. The fraction of sp³-hybridized carbons (Fsp3) is 0.648. The van der Waals surface area contributed by atoms with Crippen LogP contribution in [0.4, 0.5) is 0 Å². The second-order valence-corrected chi connectivity index (χ2v) is 17.2. The van der Waals surface area contributed by atoms with Gasteiger partial charge in [0.15, 0.2) is 0 Å². The van der Waals surface area contributed by atoms with Crippen LogP contribution in [0.2, 0.25) is 0 Å². The third-order valence-electron chi connectivity index (χ3n) is 12.0. The Labute approximate surface area is 384 Å². The molecule has 0 radical (unpaired) electrons. The zero-order chi connectivity index (χ0) is 46.7. The summed E-state index contributed by atoms with van der Waals surface area (Å²) in [6.07, 6.45) is 45.3. The summed E-state index contributed by atoms with van der Waals surface area (Å²) in [5.41, 5.74) is 7.59. The van der Waals surface area contributed by atoms with Gasteiger partial charge in [-0.3, -0.25) is 9.59 Å². The molecule has 63 heavy (non-hydrogen) atoms. The van der Waals surface area contributed by atoms with Crippen LogP contribution in [-0.2, 0) is 23.9 Å². The number of carboxylic acid groups (broad SMARTS) is 1. The van der Waals surface area contributed by atoms with Crippen LogP contribution >= 0.6 is 0 Å². The quantitative estimate of drug-likeness (QED) is 0.0416. The molecule has 2 aliphatic carbocycles. The number of nitrogens with two attached hydrogens (primary N) is 1. The van der Waals surface area contributed by atoms with Crippen LogP contribution in [0.3, 0.4) is 0 Å². The lowest BCUT2D eigenvalue weighted by atomic mass is 9.80. The molecule has 9 nitrogen and oxygen atoms in total. The third kappa shape index (κ3) is 26.6. The standard InChI is InChI=1S/C40H65N3O3.C14H24O3/c1-5-8-9-10-11-12-13-14-15-16-17-18-19-20-21-22-23-24-26-29-39(44)42-30-27-25-28-31-43-40(45)35-32-37(41)34(4)38(33-35)46-36(6-2)7-3;1-5-12(6-2)17-13-8-11(14(15)16)7-9(3)10(13)4/h8-9,11-12,14-15,17-18,20-21,23-24,33-34,36-38H,5-7,10,13,16,19,22,25-32,41H2,1-4H3,(H,42,44)(H,43,45);8-10,12-13H,5-7H2,1-4H3,(H,15,16)/b9-8-,12-11-,15-14-,18-17-,21-20-,24-23-;/t34-,37+,38-;9-,10+,13+/m10/s1. The highest BCUT2D eigenvalue weighted by molar-refractivity contribution is 5.93. The molecule has 0 spiro atoms. The van der Waals surface area contributed by atoms with E-state index in [-0.39, 0.29) is 48.2 Å². The van der Waals surface area contributed by atoms with E-state index in [1.165, 1.54) is 0 Å². The largest absolute Gasteiger partial charge is 0.478 e. The summed E-state index contributed by atoms with van der Waals surface area (Å²) in [5, 5.41) is 15.1. The van der Waals surface area contributed by atoms with Crippen molar-refractivity contribution in [3.8, 4) is 0 Å². The Bertz CT molecular complexity index is 1500. The van der Waals surface area contributed by atoms with E-state index in [4.69, 9.17) is 20.3 Å². The molecular weight excluding hydrogens is 787 g/mol. The van der Waals surface area contributed by atoms with Gasteiger partial charge >= 0.3 is 5.97 Å². The minimum Gasteiger partial charge on any atom is -0.478 e. The molecule has 0 aromatic carbocycles. The molecule has 0 bridgehead atoms. The van der Waals surface area contributed by atoms with Gasteiger partial charge in [0.2, 0.25) is 11.8 Å². The van der Waals surface area contributed by atoms with Crippen molar-refractivity contribution in [3.63, 3.8) is 0 Å². The van der Waals surface area contributed by atoms with E-state index >= 15 is 0 Å². The first-order chi connectivity index (χ1) is 30.4. The number of carboxylic acids is 1. The first kappa shape index (κ1) is 57.2. The van der Waals surface area contributed by atoms with Gasteiger partial charge in [0.25, 0.3) is 0 Å². The molecule has 0 saturated heterocycles. The second kappa shape index (κ2) is 36.5. The van der Waals surface area contributed by atoms with Gasteiger partial charge in [-0.25, -0.2) is 4.79 Å². The first-order valence-corrected chi connectivity index (χ1v) is 24.6. The lowest BCUT2D eigenvalue weighted by Crippen LogP contribution is -2.44. The Morgan fingerprint density at radius 1 is 0.635 bits per heavy atom. The highest BCUT2D eigenvalue weighted by atomic mass is 16.5. The van der Waals surface area contributed by atoms with Crippen LogP contribution in [0.1, 0.15) is 165 Å². The Hall–Kier alpha value is -3.79. The Morgan fingerprint density at radius 3 is 1.56 bits per heavy atom. The van der Waals surface area contributed by atoms with Gasteiger partial charge in [-0.1, -0.05) is 128 Å². The van der Waals surface area contributed by atoms with E-state index in [1.807, 2.05) is 12.2 Å². The maximum Gasteiger partial charge on any atom is 0.331 e. The molecule has 0 saturated carbocycles. The number of ether oxygens (including phenoxy) is 2. The van der Waals surface area contributed by atoms with Crippen molar-refractivity contribution in [2.24, 2.45) is 23.5 Å². The van der Waals surface area contributed by atoms with Crippen LogP contribution in [0.25, 0.3) is 0 Å². The number of hydrogen-bond donors (Lipinski definition) is 4. The fourth-order valence-electron chi connectivity index (χ4n) is 7.35. The highest BCUT2D eigenvalue weighted by Gasteiger charge is 2.32. The van der Waals surface area contributed by atoms with E-state index in [2.05, 4.69) is 139 Å². The van der Waals surface area contributed by atoms with Crippen LogP contribution in [0.15, 0.2) is 96.2 Å². The van der Waals surface area contributed by atoms with E-state index in [9.17, 15) is 14.4 Å². The Morgan fingerprint density at radius 2 is 1.08 bits per heavy atom. The number of amides is 2. The number of carbonyl (C=O) groups is 3. The van der Waals surface area contributed by atoms with Gasteiger partial charge in [0.05, 0.1) is 24.4 Å². The summed E-state index contributed by atoms with van der Waals surface area (Å²) in [6, 6.07) is -0.0758. The van der Waals surface area contributed by atoms with E-state index in [0.717, 1.165) is 95.5 Å². The minimum absolute atomic E-state index is 0.0387. The van der Waals surface area contributed by atoms with Gasteiger partial charge in [0, 0.05) is 42.6 Å². The van der Waals surface area contributed by atoms with Gasteiger partial charge < -0.3 is 30.9 Å². The van der Waals surface area contributed by atoms with Gasteiger partial charge in [-0.2, -0.15) is 0 Å². The number of unbranched alkanes of at least 4 members (excludes halogenated alkanes) is 2. The molecule has 2 aliphatic rings. The normalized spacial score (nSPS) is 21.9. The number of nitrogens with one attached hydrogen (secondary N) is 2. The highest BCUT2D eigenvalue weighted by Crippen LogP contribution is 2.32. The molecule has 2 amide bonds. The van der Waals surface area contributed by atoms with E-state index < -0.39 is 5.97 Å². The SMILES string of the molecule is CC/C=C\C/C=C\C/C=C\C/C=C\C/C=C\C/C=C\CCC(=O)NCCCCCNC(=O)C1=C[C@@H](OC(CC)CC)[C@H](C)[C@@H](N)C1.CCC(CC)O[C@@H]1C=C(C(=O)O)C[C@H](C)[C@H]1C. The molecule has 6 atom stereocenters. The van der Waals surface area contributed by atoms with Crippen molar-refractivity contribution < 1.29 is 29.0 Å². The van der Waals surface area contributed by atoms with Gasteiger partial charge in [-0.05, 0) is 127 Å². The van der Waals surface area contributed by atoms with Crippen LogP contribution in [0, 0.1) is 17.8 Å². The molecule has 5 N–H and O–H groups in total. The summed E-state index contributed by atoms with van der Waals surface area (Å²) >= 11 is 0. The smallest absolute Gasteiger partial charge is 0.331 e. The zero-order valence-electron chi connectivity index (χ0n) is 40.7. The average molecular weight is 876 g/mol. The van der Waals surface area contributed by atoms with Gasteiger partial charge in [0.1, 0.15) is 0 Å². The average Bonchev–Trinajstić information content (AvgIpc) is 3.27. The number of aliphatic carboxylic acids is 1. The number of carbonyl (C=O) groups excluding carboxylic acids is 2. The van der Waals surface area contributed by atoms with Crippen LogP contribution in [0.5, 0.6) is 0 Å². The van der Waals surface area contributed by atoms with E-state index in [0.29, 0.717) is 49.8 Å². The fourth-order valence-corrected chi connectivity index (χ4v) is 7.35. The Balaban J connectivity index is 0.000000969. The number of allylic oxidation sites excluding steroid dienone is 12. The Kier molecular flexibility index (Phi) is 33.2. The van der Waals surface area contributed by atoms with Gasteiger partial charge in [-0.15, -0.1) is 0 Å².